The first-order valence-electron chi connectivity index (χ1n) is 7.93. The van der Waals surface area contributed by atoms with E-state index in [4.69, 9.17) is 4.52 Å². The highest BCUT2D eigenvalue weighted by Gasteiger charge is 2.28. The first-order chi connectivity index (χ1) is 11.8. The van der Waals surface area contributed by atoms with Crippen molar-refractivity contribution >= 4 is 5.91 Å². The van der Waals surface area contributed by atoms with Gasteiger partial charge in [0.25, 0.3) is 5.91 Å². The zero-order valence-corrected chi connectivity index (χ0v) is 13.1. The van der Waals surface area contributed by atoms with Crippen LogP contribution in [0, 0.1) is 0 Å². The van der Waals surface area contributed by atoms with Crippen molar-refractivity contribution in [3.05, 3.63) is 65.6 Å². The number of amides is 1. The third-order valence-electron chi connectivity index (χ3n) is 4.03. The molecule has 0 radical (unpaired) electrons. The maximum atomic E-state index is 12.1. The number of hydrogen-bond acceptors (Lipinski definition) is 5. The Morgan fingerprint density at radius 1 is 1.25 bits per heavy atom. The molecular weight excluding hydrogens is 306 g/mol. The van der Waals surface area contributed by atoms with Crippen LogP contribution in [0.5, 0.6) is 0 Å². The van der Waals surface area contributed by atoms with Gasteiger partial charge < -0.3 is 9.84 Å². The van der Waals surface area contributed by atoms with Crippen LogP contribution in [0.2, 0.25) is 0 Å². The molecule has 2 aromatic heterocycles. The van der Waals surface area contributed by atoms with Crippen molar-refractivity contribution in [1.82, 2.24) is 25.2 Å². The molecule has 1 aliphatic carbocycles. The van der Waals surface area contributed by atoms with Crippen LogP contribution in [0.4, 0.5) is 0 Å². The highest BCUT2D eigenvalue weighted by molar-refractivity contribution is 5.92. The van der Waals surface area contributed by atoms with Gasteiger partial charge >= 0.3 is 0 Å². The Morgan fingerprint density at radius 2 is 2.04 bits per heavy atom. The minimum Gasteiger partial charge on any atom is -0.360 e. The second-order valence-electron chi connectivity index (χ2n) is 5.98. The van der Waals surface area contributed by atoms with Gasteiger partial charge in [-0.1, -0.05) is 29.4 Å². The van der Waals surface area contributed by atoms with Crippen LogP contribution in [-0.2, 0) is 13.1 Å². The fraction of sp³-hybridized carbons (Fsp3) is 0.294. The SMILES string of the molecule is O=C(NCc1ccc(Cn2cncn2)cc1)c1cc(C2CC2)on1. The van der Waals surface area contributed by atoms with E-state index in [2.05, 4.69) is 20.6 Å². The van der Waals surface area contributed by atoms with Crippen LogP contribution in [0.15, 0.2) is 47.5 Å². The minimum atomic E-state index is -0.211. The minimum absolute atomic E-state index is 0.211. The van der Waals surface area contributed by atoms with Crippen molar-refractivity contribution in [2.24, 2.45) is 0 Å². The molecule has 2 heterocycles. The number of hydrogen-bond donors (Lipinski definition) is 1. The molecule has 1 amide bonds. The molecule has 0 aliphatic heterocycles. The standard InChI is InChI=1S/C17H17N5O2/c23-17(15-7-16(24-21-15)14-5-6-14)19-8-12-1-3-13(4-2-12)9-22-11-18-10-20-22/h1-4,7,10-11,14H,5-6,8-9H2,(H,19,23). The molecular formula is C17H17N5O2. The summed E-state index contributed by atoms with van der Waals surface area (Å²) in [5.74, 6) is 1.06. The summed E-state index contributed by atoms with van der Waals surface area (Å²) in [5, 5.41) is 10.8. The van der Waals surface area contributed by atoms with Crippen molar-refractivity contribution in [2.45, 2.75) is 31.8 Å². The van der Waals surface area contributed by atoms with Crippen LogP contribution in [0.25, 0.3) is 0 Å². The smallest absolute Gasteiger partial charge is 0.273 e. The molecule has 1 saturated carbocycles. The lowest BCUT2D eigenvalue weighted by Crippen LogP contribution is -2.23. The summed E-state index contributed by atoms with van der Waals surface area (Å²) in [6.07, 6.45) is 5.44. The molecule has 7 nitrogen and oxygen atoms in total. The van der Waals surface area contributed by atoms with Crippen LogP contribution in [-0.4, -0.2) is 25.8 Å². The summed E-state index contributed by atoms with van der Waals surface area (Å²) in [5.41, 5.74) is 2.50. The molecule has 122 valence electrons. The lowest BCUT2D eigenvalue weighted by molar-refractivity contribution is 0.0941. The fourth-order valence-corrected chi connectivity index (χ4v) is 2.49. The van der Waals surface area contributed by atoms with Gasteiger partial charge in [0, 0.05) is 18.5 Å². The van der Waals surface area contributed by atoms with Crippen LogP contribution in [0.1, 0.15) is 46.1 Å². The number of carbonyl (C=O) groups is 1. The van der Waals surface area contributed by atoms with E-state index >= 15 is 0 Å². The molecule has 1 aromatic carbocycles. The van der Waals surface area contributed by atoms with E-state index in [1.807, 2.05) is 24.3 Å². The molecule has 1 aliphatic rings. The average molecular weight is 323 g/mol. The van der Waals surface area contributed by atoms with Gasteiger partial charge in [-0.3, -0.25) is 4.79 Å². The number of rotatable bonds is 6. The van der Waals surface area contributed by atoms with E-state index in [0.717, 1.165) is 29.7 Å². The van der Waals surface area contributed by atoms with Crippen LogP contribution < -0.4 is 5.32 Å². The number of nitrogens with zero attached hydrogens (tertiary/aromatic N) is 4. The third-order valence-corrected chi connectivity index (χ3v) is 4.03. The first kappa shape index (κ1) is 14.6. The number of benzene rings is 1. The predicted molar refractivity (Wildman–Crippen MR) is 85.2 cm³/mol. The molecule has 0 unspecified atom stereocenters. The Kier molecular flexibility index (Phi) is 3.82. The molecule has 0 saturated heterocycles. The van der Waals surface area contributed by atoms with Gasteiger partial charge in [-0.05, 0) is 24.0 Å². The summed E-state index contributed by atoms with van der Waals surface area (Å²) in [6.45, 7) is 1.13. The highest BCUT2D eigenvalue weighted by Crippen LogP contribution is 2.40. The lowest BCUT2D eigenvalue weighted by Gasteiger charge is -2.05. The van der Waals surface area contributed by atoms with Gasteiger partial charge in [-0.15, -0.1) is 0 Å². The summed E-state index contributed by atoms with van der Waals surface area (Å²) >= 11 is 0. The second-order valence-corrected chi connectivity index (χ2v) is 5.98. The fourth-order valence-electron chi connectivity index (χ4n) is 2.49. The van der Waals surface area contributed by atoms with Crippen molar-refractivity contribution < 1.29 is 9.32 Å². The van der Waals surface area contributed by atoms with Gasteiger partial charge in [0.05, 0.1) is 6.54 Å². The van der Waals surface area contributed by atoms with Gasteiger partial charge in [0.15, 0.2) is 5.69 Å². The maximum absolute atomic E-state index is 12.1. The van der Waals surface area contributed by atoms with Gasteiger partial charge in [-0.25, -0.2) is 9.67 Å². The third kappa shape index (κ3) is 3.34. The van der Waals surface area contributed by atoms with E-state index in [1.165, 1.54) is 6.33 Å². The molecule has 7 heteroatoms. The van der Waals surface area contributed by atoms with E-state index in [-0.39, 0.29) is 5.91 Å². The number of carbonyl (C=O) groups excluding carboxylic acids is 1. The largest absolute Gasteiger partial charge is 0.360 e. The van der Waals surface area contributed by atoms with E-state index in [9.17, 15) is 4.79 Å². The zero-order valence-electron chi connectivity index (χ0n) is 13.1. The van der Waals surface area contributed by atoms with Gasteiger partial charge in [-0.2, -0.15) is 5.10 Å². The molecule has 0 spiro atoms. The summed E-state index contributed by atoms with van der Waals surface area (Å²) in [6, 6.07) is 9.76. The maximum Gasteiger partial charge on any atom is 0.273 e. The molecule has 3 aromatic rings. The quantitative estimate of drug-likeness (QED) is 0.751. The summed E-state index contributed by atoms with van der Waals surface area (Å²) < 4.78 is 6.97. The molecule has 1 N–H and O–H groups in total. The monoisotopic (exact) mass is 323 g/mol. The predicted octanol–water partition coefficient (Wildman–Crippen LogP) is 2.12. The molecule has 24 heavy (non-hydrogen) atoms. The van der Waals surface area contributed by atoms with E-state index in [1.54, 1.807) is 17.1 Å². The molecule has 1 fully saturated rings. The zero-order chi connectivity index (χ0) is 16.4. The Hall–Kier alpha value is -2.96. The van der Waals surface area contributed by atoms with Crippen molar-refractivity contribution in [2.75, 3.05) is 0 Å². The Labute approximate surface area is 138 Å². The number of nitrogens with one attached hydrogen (secondary N) is 1. The highest BCUT2D eigenvalue weighted by atomic mass is 16.5. The van der Waals surface area contributed by atoms with Crippen LogP contribution >= 0.6 is 0 Å². The molecule has 0 bridgehead atoms. The topological polar surface area (TPSA) is 85.8 Å². The Bertz CT molecular complexity index is 819. The normalized spacial score (nSPS) is 13.8. The second kappa shape index (κ2) is 6.27. The average Bonchev–Trinajstić information content (AvgIpc) is 3.11. The van der Waals surface area contributed by atoms with Gasteiger partial charge in [0.2, 0.25) is 0 Å². The van der Waals surface area contributed by atoms with Gasteiger partial charge in [0.1, 0.15) is 18.4 Å². The Morgan fingerprint density at radius 3 is 2.75 bits per heavy atom. The Balaban J connectivity index is 1.32. The van der Waals surface area contributed by atoms with Crippen molar-refractivity contribution in [1.29, 1.82) is 0 Å². The lowest BCUT2D eigenvalue weighted by atomic mass is 10.1. The van der Waals surface area contributed by atoms with E-state index < -0.39 is 0 Å². The molecule has 4 rings (SSSR count). The molecule has 0 atom stereocenters. The summed E-state index contributed by atoms with van der Waals surface area (Å²) in [4.78, 5) is 16.0. The van der Waals surface area contributed by atoms with E-state index in [0.29, 0.717) is 24.7 Å². The van der Waals surface area contributed by atoms with Crippen molar-refractivity contribution in [3.63, 3.8) is 0 Å². The number of aromatic nitrogens is 4. The first-order valence-corrected chi connectivity index (χ1v) is 7.93. The van der Waals surface area contributed by atoms with Crippen molar-refractivity contribution in [3.8, 4) is 0 Å². The van der Waals surface area contributed by atoms with Crippen LogP contribution in [0.3, 0.4) is 0 Å². The summed E-state index contributed by atoms with van der Waals surface area (Å²) in [7, 11) is 0.